The predicted molar refractivity (Wildman–Crippen MR) is 81.0 cm³/mol. The van der Waals surface area contributed by atoms with Crippen LogP contribution in [0.3, 0.4) is 0 Å². The maximum absolute atomic E-state index is 12.5. The Kier molecular flexibility index (Phi) is 4.66. The van der Waals surface area contributed by atoms with Gasteiger partial charge in [-0.3, -0.25) is 0 Å². The molecule has 0 radical (unpaired) electrons. The van der Waals surface area contributed by atoms with Crippen LogP contribution in [0.15, 0.2) is 29.2 Å². The van der Waals surface area contributed by atoms with Crippen molar-refractivity contribution in [2.75, 3.05) is 7.05 Å². The molecule has 1 aliphatic carbocycles. The number of nitrogens with zero attached hydrogens (tertiary/aromatic N) is 1. The molecule has 3 nitrogen and oxygen atoms in total. The van der Waals surface area contributed by atoms with Crippen LogP contribution in [0.25, 0.3) is 0 Å². The summed E-state index contributed by atoms with van der Waals surface area (Å²) in [6.07, 6.45) is 5.47. The first kappa shape index (κ1) is 14.3. The third kappa shape index (κ3) is 3.05. The molecule has 0 N–H and O–H groups in total. The molecule has 0 bridgehead atoms. The van der Waals surface area contributed by atoms with Crippen molar-refractivity contribution < 1.29 is 8.42 Å². The topological polar surface area (TPSA) is 37.4 Å². The van der Waals surface area contributed by atoms with E-state index in [1.54, 1.807) is 23.5 Å². The van der Waals surface area contributed by atoms with E-state index in [0.29, 0.717) is 4.90 Å². The Morgan fingerprint density at radius 1 is 1.11 bits per heavy atom. The summed E-state index contributed by atoms with van der Waals surface area (Å²) in [5.74, 6) is 0. The summed E-state index contributed by atoms with van der Waals surface area (Å²) < 4.78 is 27.5. The van der Waals surface area contributed by atoms with Crippen molar-refractivity contribution in [2.45, 2.75) is 43.0 Å². The standard InChI is InChI=1S/C13H18INO2S/c1-15(12-5-3-2-4-6-12)18(16,17)13-9-7-11(14)8-10-13/h7-10,12H,2-6H2,1H3. The Morgan fingerprint density at radius 3 is 2.22 bits per heavy atom. The van der Waals surface area contributed by atoms with Gasteiger partial charge in [-0.1, -0.05) is 19.3 Å². The molecular weight excluding hydrogens is 361 g/mol. The van der Waals surface area contributed by atoms with E-state index in [2.05, 4.69) is 22.6 Å². The van der Waals surface area contributed by atoms with Crippen molar-refractivity contribution in [3.05, 3.63) is 27.8 Å². The summed E-state index contributed by atoms with van der Waals surface area (Å²) in [7, 11) is -1.61. The minimum Gasteiger partial charge on any atom is -0.207 e. The van der Waals surface area contributed by atoms with Gasteiger partial charge in [0.15, 0.2) is 0 Å². The molecule has 0 saturated heterocycles. The third-order valence-corrected chi connectivity index (χ3v) is 6.22. The number of benzene rings is 1. The first-order valence-corrected chi connectivity index (χ1v) is 8.77. The quantitative estimate of drug-likeness (QED) is 0.757. The summed E-state index contributed by atoms with van der Waals surface area (Å²) in [5.41, 5.74) is 0. The zero-order valence-corrected chi connectivity index (χ0v) is 13.4. The normalized spacial score (nSPS) is 18.2. The first-order chi connectivity index (χ1) is 8.51. The van der Waals surface area contributed by atoms with E-state index in [1.807, 2.05) is 12.1 Å². The molecule has 100 valence electrons. The summed E-state index contributed by atoms with van der Waals surface area (Å²) in [5, 5.41) is 0. The minimum atomic E-state index is -3.33. The van der Waals surface area contributed by atoms with Gasteiger partial charge in [0, 0.05) is 16.7 Å². The fraction of sp³-hybridized carbons (Fsp3) is 0.538. The van der Waals surface area contributed by atoms with Crippen molar-refractivity contribution in [2.24, 2.45) is 0 Å². The van der Waals surface area contributed by atoms with E-state index in [0.717, 1.165) is 29.3 Å². The molecule has 2 rings (SSSR count). The Hall–Kier alpha value is -0.140. The van der Waals surface area contributed by atoms with Crippen LogP contribution in [0.2, 0.25) is 0 Å². The van der Waals surface area contributed by atoms with Crippen LogP contribution < -0.4 is 0 Å². The van der Waals surface area contributed by atoms with Crippen LogP contribution in [-0.4, -0.2) is 25.8 Å². The highest BCUT2D eigenvalue weighted by Crippen LogP contribution is 2.26. The molecule has 0 aliphatic heterocycles. The maximum Gasteiger partial charge on any atom is 0.243 e. The van der Waals surface area contributed by atoms with Gasteiger partial charge in [0.25, 0.3) is 0 Å². The Morgan fingerprint density at radius 2 is 1.67 bits per heavy atom. The summed E-state index contributed by atoms with van der Waals surface area (Å²) >= 11 is 2.18. The van der Waals surface area contributed by atoms with Crippen molar-refractivity contribution in [1.29, 1.82) is 0 Å². The number of hydrogen-bond donors (Lipinski definition) is 0. The summed E-state index contributed by atoms with van der Waals surface area (Å²) in [6, 6.07) is 7.22. The lowest BCUT2D eigenvalue weighted by Crippen LogP contribution is -2.38. The highest BCUT2D eigenvalue weighted by Gasteiger charge is 2.28. The van der Waals surface area contributed by atoms with Crippen LogP contribution in [0.5, 0.6) is 0 Å². The zero-order chi connectivity index (χ0) is 13.2. The molecular formula is C13H18INO2S. The minimum absolute atomic E-state index is 0.169. The van der Waals surface area contributed by atoms with Gasteiger partial charge in [-0.15, -0.1) is 0 Å². The van der Waals surface area contributed by atoms with Gasteiger partial charge in [0.05, 0.1) is 4.90 Å². The van der Waals surface area contributed by atoms with Gasteiger partial charge in [-0.05, 0) is 59.7 Å². The fourth-order valence-corrected chi connectivity index (χ4v) is 4.19. The second kappa shape index (κ2) is 5.88. The van der Waals surface area contributed by atoms with E-state index in [9.17, 15) is 8.42 Å². The largest absolute Gasteiger partial charge is 0.243 e. The van der Waals surface area contributed by atoms with Crippen molar-refractivity contribution in [3.63, 3.8) is 0 Å². The second-order valence-corrected chi connectivity index (χ2v) is 8.01. The molecule has 0 atom stereocenters. The molecule has 0 aromatic heterocycles. The van der Waals surface area contributed by atoms with Crippen LogP contribution in [0.1, 0.15) is 32.1 Å². The molecule has 1 aromatic rings. The number of halogens is 1. The Labute approximate surface area is 123 Å². The van der Waals surface area contributed by atoms with Crippen molar-refractivity contribution in [1.82, 2.24) is 4.31 Å². The maximum atomic E-state index is 12.5. The molecule has 1 aromatic carbocycles. The molecule has 1 fully saturated rings. The lowest BCUT2D eigenvalue weighted by molar-refractivity contribution is 0.286. The van der Waals surface area contributed by atoms with E-state index in [4.69, 9.17) is 0 Å². The average Bonchev–Trinajstić information content (AvgIpc) is 2.39. The van der Waals surface area contributed by atoms with Crippen LogP contribution >= 0.6 is 22.6 Å². The molecule has 5 heteroatoms. The van der Waals surface area contributed by atoms with Gasteiger partial charge in [0.2, 0.25) is 10.0 Å². The second-order valence-electron chi connectivity index (χ2n) is 4.77. The Balaban J connectivity index is 2.21. The van der Waals surface area contributed by atoms with E-state index in [1.165, 1.54) is 6.42 Å². The van der Waals surface area contributed by atoms with E-state index in [-0.39, 0.29) is 6.04 Å². The smallest absolute Gasteiger partial charge is 0.207 e. The lowest BCUT2D eigenvalue weighted by Gasteiger charge is -2.30. The SMILES string of the molecule is CN(C1CCCCC1)S(=O)(=O)c1ccc(I)cc1. The molecule has 0 heterocycles. The average molecular weight is 379 g/mol. The molecule has 0 spiro atoms. The van der Waals surface area contributed by atoms with E-state index >= 15 is 0 Å². The van der Waals surface area contributed by atoms with E-state index < -0.39 is 10.0 Å². The monoisotopic (exact) mass is 379 g/mol. The third-order valence-electron chi connectivity index (χ3n) is 3.58. The summed E-state index contributed by atoms with van der Waals surface area (Å²) in [6.45, 7) is 0. The van der Waals surface area contributed by atoms with Gasteiger partial charge < -0.3 is 0 Å². The van der Waals surface area contributed by atoms with Crippen LogP contribution in [-0.2, 0) is 10.0 Å². The molecule has 0 amide bonds. The van der Waals surface area contributed by atoms with Crippen LogP contribution in [0.4, 0.5) is 0 Å². The highest BCUT2D eigenvalue weighted by atomic mass is 127. The fourth-order valence-electron chi connectivity index (χ4n) is 2.41. The van der Waals surface area contributed by atoms with Crippen molar-refractivity contribution in [3.8, 4) is 0 Å². The van der Waals surface area contributed by atoms with Gasteiger partial charge >= 0.3 is 0 Å². The Bertz CT molecular complexity index is 492. The molecule has 1 aliphatic rings. The molecule has 18 heavy (non-hydrogen) atoms. The predicted octanol–water partition coefficient (Wildman–Crippen LogP) is 3.24. The summed E-state index contributed by atoms with van der Waals surface area (Å²) in [4.78, 5) is 0.399. The first-order valence-electron chi connectivity index (χ1n) is 6.25. The van der Waals surface area contributed by atoms with Gasteiger partial charge in [-0.2, -0.15) is 4.31 Å². The van der Waals surface area contributed by atoms with Gasteiger partial charge in [-0.25, -0.2) is 8.42 Å². The number of rotatable bonds is 3. The van der Waals surface area contributed by atoms with Crippen molar-refractivity contribution >= 4 is 32.6 Å². The molecule has 1 saturated carbocycles. The molecule has 0 unspecified atom stereocenters. The van der Waals surface area contributed by atoms with Gasteiger partial charge in [0.1, 0.15) is 0 Å². The number of hydrogen-bond acceptors (Lipinski definition) is 2. The zero-order valence-electron chi connectivity index (χ0n) is 10.5. The number of sulfonamides is 1. The lowest BCUT2D eigenvalue weighted by atomic mass is 9.96. The highest BCUT2D eigenvalue weighted by molar-refractivity contribution is 14.1. The van der Waals surface area contributed by atoms with Crippen LogP contribution in [0, 0.1) is 3.57 Å².